The van der Waals surface area contributed by atoms with Crippen molar-refractivity contribution in [2.75, 3.05) is 19.8 Å². The lowest BCUT2D eigenvalue weighted by molar-refractivity contribution is -0.131. The molecular formula is C7H17N3O2. The predicted molar refractivity (Wildman–Crippen MR) is 47.0 cm³/mol. The summed E-state index contributed by atoms with van der Waals surface area (Å²) in [5.74, 6) is -0.0700. The number of nitrogens with two attached hydrogens (primary N) is 1. The van der Waals surface area contributed by atoms with Crippen LogP contribution in [0.3, 0.4) is 0 Å². The normalized spacial score (nSPS) is 10.2. The van der Waals surface area contributed by atoms with Crippen LogP contribution in [0.5, 0.6) is 0 Å². The maximum atomic E-state index is 6.91. The van der Waals surface area contributed by atoms with E-state index in [4.69, 9.17) is 20.6 Å². The van der Waals surface area contributed by atoms with Crippen LogP contribution < -0.4 is 11.1 Å². The Morgan fingerprint density at radius 3 is 2.25 bits per heavy atom. The number of nitrogens with one attached hydrogen (secondary N) is 2. The molecule has 0 rings (SSSR count). The Hall–Kier alpha value is -0.810. The van der Waals surface area contributed by atoms with E-state index >= 15 is 0 Å². The lowest BCUT2D eigenvalue weighted by atomic mass is 10.6. The highest BCUT2D eigenvalue weighted by atomic mass is 16.7. The molecule has 0 fully saturated rings. The minimum Gasteiger partial charge on any atom is -0.370 e. The Bertz CT molecular complexity index is 124. The summed E-state index contributed by atoms with van der Waals surface area (Å²) in [5.41, 5.74) is 5.09. The van der Waals surface area contributed by atoms with Gasteiger partial charge < -0.3 is 20.5 Å². The molecule has 0 aliphatic rings. The van der Waals surface area contributed by atoms with E-state index in [-0.39, 0.29) is 12.2 Å². The molecule has 5 nitrogen and oxygen atoms in total. The third kappa shape index (κ3) is 5.94. The summed E-state index contributed by atoms with van der Waals surface area (Å²) >= 11 is 0. The van der Waals surface area contributed by atoms with E-state index in [0.29, 0.717) is 19.8 Å². The van der Waals surface area contributed by atoms with Gasteiger partial charge in [-0.15, -0.1) is 0 Å². The fourth-order valence-electron chi connectivity index (χ4n) is 0.731. The van der Waals surface area contributed by atoms with Gasteiger partial charge in [-0.2, -0.15) is 0 Å². The van der Waals surface area contributed by atoms with Crippen molar-refractivity contribution >= 4 is 5.96 Å². The van der Waals surface area contributed by atoms with Gasteiger partial charge in [0.1, 0.15) is 0 Å². The molecule has 0 amide bonds. The third-order valence-corrected chi connectivity index (χ3v) is 1.16. The van der Waals surface area contributed by atoms with Gasteiger partial charge in [-0.05, 0) is 13.8 Å². The lowest BCUT2D eigenvalue weighted by Crippen LogP contribution is -2.38. The van der Waals surface area contributed by atoms with Crippen LogP contribution in [0.4, 0.5) is 0 Å². The van der Waals surface area contributed by atoms with Crippen LogP contribution in [-0.4, -0.2) is 32.0 Å². The smallest absolute Gasteiger partial charge is 0.185 e. The second kappa shape index (κ2) is 6.87. The minimum absolute atomic E-state index is 0.0700. The minimum atomic E-state index is -0.316. The van der Waals surface area contributed by atoms with Crippen molar-refractivity contribution < 1.29 is 9.47 Å². The van der Waals surface area contributed by atoms with E-state index in [9.17, 15) is 0 Å². The van der Waals surface area contributed by atoms with Crippen LogP contribution in [0, 0.1) is 5.41 Å². The summed E-state index contributed by atoms with van der Waals surface area (Å²) in [6, 6.07) is 0. The molecule has 12 heavy (non-hydrogen) atoms. The van der Waals surface area contributed by atoms with Crippen LogP contribution in [0.2, 0.25) is 0 Å². The largest absolute Gasteiger partial charge is 0.370 e. The highest BCUT2D eigenvalue weighted by molar-refractivity contribution is 5.74. The van der Waals surface area contributed by atoms with E-state index in [1.54, 1.807) is 0 Å². The molecule has 4 N–H and O–H groups in total. The van der Waals surface area contributed by atoms with Gasteiger partial charge in [0, 0.05) is 13.2 Å². The SMILES string of the molecule is CCOC(CNC(=N)N)OCC. The predicted octanol–water partition coefficient (Wildman–Crippen LogP) is -0.131. The number of hydrogen-bond donors (Lipinski definition) is 3. The van der Waals surface area contributed by atoms with E-state index in [1.807, 2.05) is 13.8 Å². The van der Waals surface area contributed by atoms with E-state index in [2.05, 4.69) is 5.32 Å². The first kappa shape index (κ1) is 11.2. The van der Waals surface area contributed by atoms with Crippen molar-refractivity contribution in [1.82, 2.24) is 5.32 Å². The van der Waals surface area contributed by atoms with Gasteiger partial charge in [0.25, 0.3) is 0 Å². The molecule has 0 aliphatic carbocycles. The Balaban J connectivity index is 3.54. The van der Waals surface area contributed by atoms with Gasteiger partial charge in [-0.25, -0.2) is 0 Å². The van der Waals surface area contributed by atoms with Gasteiger partial charge in [0.15, 0.2) is 12.2 Å². The molecule has 0 unspecified atom stereocenters. The Morgan fingerprint density at radius 2 is 1.92 bits per heavy atom. The summed E-state index contributed by atoms with van der Waals surface area (Å²) in [7, 11) is 0. The zero-order chi connectivity index (χ0) is 9.40. The highest BCUT2D eigenvalue weighted by Gasteiger charge is 2.06. The fraction of sp³-hybridized carbons (Fsp3) is 0.857. The molecule has 0 aliphatic heterocycles. The van der Waals surface area contributed by atoms with Crippen molar-refractivity contribution in [3.05, 3.63) is 0 Å². The lowest BCUT2D eigenvalue weighted by Gasteiger charge is -2.16. The standard InChI is InChI=1S/C7H17N3O2/c1-3-11-6(12-4-2)5-10-7(8)9/h6H,3-5H2,1-2H3,(H4,8,9,10). The number of hydrogen-bond acceptors (Lipinski definition) is 3. The quantitative estimate of drug-likeness (QED) is 0.298. The molecule has 0 aromatic carbocycles. The summed E-state index contributed by atoms with van der Waals surface area (Å²) < 4.78 is 10.4. The van der Waals surface area contributed by atoms with Gasteiger partial charge in [0.05, 0.1) is 6.54 Å². The summed E-state index contributed by atoms with van der Waals surface area (Å²) in [4.78, 5) is 0. The van der Waals surface area contributed by atoms with Gasteiger partial charge >= 0.3 is 0 Å². The van der Waals surface area contributed by atoms with Crippen LogP contribution >= 0.6 is 0 Å². The number of rotatable bonds is 6. The van der Waals surface area contributed by atoms with E-state index < -0.39 is 0 Å². The molecule has 0 radical (unpaired) electrons. The van der Waals surface area contributed by atoms with Crippen molar-refractivity contribution in [1.29, 1.82) is 5.41 Å². The molecule has 0 saturated carbocycles. The Morgan fingerprint density at radius 1 is 1.42 bits per heavy atom. The van der Waals surface area contributed by atoms with Crippen molar-refractivity contribution in [3.63, 3.8) is 0 Å². The average molecular weight is 175 g/mol. The number of ether oxygens (including phenoxy) is 2. The zero-order valence-electron chi connectivity index (χ0n) is 7.59. The van der Waals surface area contributed by atoms with Crippen molar-refractivity contribution in [2.24, 2.45) is 5.73 Å². The summed E-state index contributed by atoms with van der Waals surface area (Å²) in [5, 5.41) is 9.53. The number of guanidine groups is 1. The summed E-state index contributed by atoms with van der Waals surface area (Å²) in [6.07, 6.45) is -0.316. The van der Waals surface area contributed by atoms with Gasteiger partial charge in [-0.3, -0.25) is 5.41 Å². The first-order valence-electron chi connectivity index (χ1n) is 4.01. The van der Waals surface area contributed by atoms with Crippen molar-refractivity contribution in [2.45, 2.75) is 20.1 Å². The average Bonchev–Trinajstić information content (AvgIpc) is 2.01. The highest BCUT2D eigenvalue weighted by Crippen LogP contribution is 1.92. The maximum Gasteiger partial charge on any atom is 0.185 e. The van der Waals surface area contributed by atoms with E-state index in [0.717, 1.165) is 0 Å². The first-order chi connectivity index (χ1) is 5.70. The van der Waals surface area contributed by atoms with E-state index in [1.165, 1.54) is 0 Å². The molecule has 0 aromatic rings. The second-order valence-electron chi connectivity index (χ2n) is 2.13. The molecule has 0 heterocycles. The molecule has 0 atom stereocenters. The molecule has 5 heteroatoms. The molecule has 0 bridgehead atoms. The van der Waals surface area contributed by atoms with Gasteiger partial charge in [0.2, 0.25) is 0 Å². The Labute approximate surface area is 72.7 Å². The second-order valence-corrected chi connectivity index (χ2v) is 2.13. The van der Waals surface area contributed by atoms with Crippen LogP contribution in [-0.2, 0) is 9.47 Å². The fourth-order valence-corrected chi connectivity index (χ4v) is 0.731. The summed E-state index contributed by atoms with van der Waals surface area (Å²) in [6.45, 7) is 5.37. The monoisotopic (exact) mass is 175 g/mol. The van der Waals surface area contributed by atoms with Crippen LogP contribution in [0.1, 0.15) is 13.8 Å². The third-order valence-electron chi connectivity index (χ3n) is 1.16. The maximum absolute atomic E-state index is 6.91. The molecule has 0 spiro atoms. The molecule has 0 aromatic heterocycles. The first-order valence-corrected chi connectivity index (χ1v) is 4.01. The van der Waals surface area contributed by atoms with Crippen LogP contribution in [0.15, 0.2) is 0 Å². The molecular weight excluding hydrogens is 158 g/mol. The van der Waals surface area contributed by atoms with Crippen molar-refractivity contribution in [3.8, 4) is 0 Å². The Kier molecular flexibility index (Phi) is 6.41. The van der Waals surface area contributed by atoms with Gasteiger partial charge in [-0.1, -0.05) is 0 Å². The molecule has 72 valence electrons. The zero-order valence-corrected chi connectivity index (χ0v) is 7.59. The van der Waals surface area contributed by atoms with Crippen LogP contribution in [0.25, 0.3) is 0 Å². The molecule has 0 saturated heterocycles. The topological polar surface area (TPSA) is 80.4 Å².